The van der Waals surface area contributed by atoms with Gasteiger partial charge in [-0.05, 0) is 11.0 Å². The van der Waals surface area contributed by atoms with Crippen LogP contribution < -0.4 is 0 Å². The molecule has 21 heteroatoms. The van der Waals surface area contributed by atoms with Crippen LogP contribution in [0.4, 0.5) is 0 Å². The van der Waals surface area contributed by atoms with Gasteiger partial charge in [0.1, 0.15) is 0 Å². The fraction of sp³-hybridized carbons (Fsp3) is 0. The van der Waals surface area contributed by atoms with Crippen molar-refractivity contribution < 1.29 is 51.9 Å². The first-order valence-corrected chi connectivity index (χ1v) is 11.7. The van der Waals surface area contributed by atoms with Crippen LogP contribution in [0.15, 0.2) is 0 Å². The van der Waals surface area contributed by atoms with Crippen LogP contribution in [0, 0.1) is 0 Å². The van der Waals surface area contributed by atoms with Gasteiger partial charge in [0.15, 0.2) is 0 Å². The molecule has 0 aliphatic rings. The number of rotatable bonds is 0. The van der Waals surface area contributed by atoms with Gasteiger partial charge in [0.05, 0.1) is 0 Å². The van der Waals surface area contributed by atoms with Crippen LogP contribution in [0.5, 0.6) is 0 Å². The highest BCUT2D eigenvalue weighted by atomic mass is 35.7. The van der Waals surface area contributed by atoms with Gasteiger partial charge in [-0.2, -0.15) is 33.7 Å². The first kappa shape index (κ1) is 33.6. The fourth-order valence-corrected chi connectivity index (χ4v) is 0. The molecule has 0 aliphatic carbocycles. The highest BCUT2D eigenvalue weighted by molar-refractivity contribution is 8.10. The van der Waals surface area contributed by atoms with E-state index in [0.29, 0.717) is 0 Å². The van der Waals surface area contributed by atoms with E-state index < -0.39 is 37.3 Å². The maximum atomic E-state index is 8.95. The molecule has 0 heterocycles. The quantitative estimate of drug-likeness (QED) is 0.173. The van der Waals surface area contributed by atoms with E-state index in [9.17, 15) is 0 Å². The topological polar surface area (TPSA) is 217 Å². The predicted molar refractivity (Wildman–Crippen MR) is 80.9 cm³/mol. The van der Waals surface area contributed by atoms with Crippen molar-refractivity contribution in [3.8, 4) is 0 Å². The number of hydrogen-bond donors (Lipinski definition) is 4. The third-order valence-corrected chi connectivity index (χ3v) is 0. The second-order valence-corrected chi connectivity index (χ2v) is 9.63. The highest BCUT2D eigenvalue weighted by Crippen LogP contribution is 1.83. The third-order valence-electron chi connectivity index (χ3n) is 0. The van der Waals surface area contributed by atoms with E-state index in [-0.39, 0.29) is 11.0 Å². The van der Waals surface area contributed by atoms with Crippen molar-refractivity contribution in [2.24, 2.45) is 0 Å². The summed E-state index contributed by atoms with van der Waals surface area (Å²) >= 11 is 0. The van der Waals surface area contributed by atoms with Crippen LogP contribution >= 0.6 is 42.7 Å². The van der Waals surface area contributed by atoms with Crippen LogP contribution in [0.3, 0.4) is 0 Å². The first-order chi connectivity index (χ1) is 8.00. The summed E-state index contributed by atoms with van der Waals surface area (Å²) in [4.78, 5) is 0. The van der Waals surface area contributed by atoms with Gasteiger partial charge in [-0.1, -0.05) is 0 Å². The standard InChI is InChI=1S/4ClHO3S.H4Si/c4*1-5(2,3)4;/h4*(H,2,3,4);1H4. The summed E-state index contributed by atoms with van der Waals surface area (Å²) in [6.07, 6.45) is 0. The van der Waals surface area contributed by atoms with Crippen LogP contribution in [0.2, 0.25) is 0 Å². The Morgan fingerprint density at radius 3 is 0.429 bits per heavy atom. The molecule has 0 unspecified atom stereocenters. The lowest BCUT2D eigenvalue weighted by Crippen LogP contribution is -1.77. The molecular formula is H8Cl4O12S4Si. The molecule has 136 valence electrons. The highest BCUT2D eigenvalue weighted by Gasteiger charge is 1.88. The molecule has 0 aromatic carbocycles. The molecule has 0 saturated carbocycles. The lowest BCUT2D eigenvalue weighted by atomic mass is 15.9. The average Bonchev–Trinajstić information content (AvgIpc) is 1.62. The molecule has 0 spiro atoms. The van der Waals surface area contributed by atoms with Crippen LogP contribution in [-0.2, 0) is 37.3 Å². The van der Waals surface area contributed by atoms with E-state index in [1.165, 1.54) is 0 Å². The van der Waals surface area contributed by atoms with Gasteiger partial charge in [-0.25, -0.2) is 0 Å². The summed E-state index contributed by atoms with van der Waals surface area (Å²) in [7, 11) is -0.546. The van der Waals surface area contributed by atoms with Gasteiger partial charge in [0.25, 0.3) is 0 Å². The van der Waals surface area contributed by atoms with E-state index in [1.54, 1.807) is 0 Å². The van der Waals surface area contributed by atoms with E-state index in [0.717, 1.165) is 0 Å². The van der Waals surface area contributed by atoms with Crippen molar-refractivity contribution in [1.82, 2.24) is 0 Å². The first-order valence-electron chi connectivity index (χ1n) is 2.68. The van der Waals surface area contributed by atoms with Gasteiger partial charge in [-0.15, -0.1) is 0 Å². The molecular weight excluding hydrogens is 490 g/mol. The molecule has 12 nitrogen and oxygen atoms in total. The summed E-state index contributed by atoms with van der Waals surface area (Å²) in [6, 6.07) is 0. The molecule has 0 bridgehead atoms. The Kier molecular flexibility index (Phi) is 21.5. The molecule has 4 N–H and O–H groups in total. The molecule has 0 aromatic rings. The Hall–Kier alpha value is 1.02. The smallest absolute Gasteiger partial charge is 0.273 e. The predicted octanol–water partition coefficient (Wildman–Crippen LogP) is -1.34. The average molecular weight is 498 g/mol. The number of hydrogen-bond acceptors (Lipinski definition) is 8. The van der Waals surface area contributed by atoms with Crippen LogP contribution in [-0.4, -0.2) is 62.8 Å². The zero-order valence-corrected chi connectivity index (χ0v) is 14.5. The van der Waals surface area contributed by atoms with E-state index in [2.05, 4.69) is 42.7 Å². The number of halogens is 4. The summed E-state index contributed by atoms with van der Waals surface area (Å²) < 4.78 is 101. The van der Waals surface area contributed by atoms with Crippen molar-refractivity contribution in [2.75, 3.05) is 0 Å². The third kappa shape index (κ3) is 7350. The summed E-state index contributed by atoms with van der Waals surface area (Å²) in [6.45, 7) is 0. The molecule has 0 rings (SSSR count). The van der Waals surface area contributed by atoms with Crippen molar-refractivity contribution in [3.63, 3.8) is 0 Å². The molecule has 0 fully saturated rings. The second-order valence-electron chi connectivity index (χ2n) is 1.65. The van der Waals surface area contributed by atoms with Gasteiger partial charge in [-0.3, -0.25) is 18.2 Å². The Morgan fingerprint density at radius 1 is 0.429 bits per heavy atom. The van der Waals surface area contributed by atoms with Crippen LogP contribution in [0.25, 0.3) is 0 Å². The SMILES string of the molecule is O=S(=O)(O)Cl.O=S(=O)(O)Cl.O=S(=O)(O)Cl.O=S(=O)(O)Cl.[SiH4]. The molecule has 0 aromatic heterocycles. The molecule has 21 heavy (non-hydrogen) atoms. The van der Waals surface area contributed by atoms with E-state index in [1.807, 2.05) is 0 Å². The summed E-state index contributed by atoms with van der Waals surface area (Å²) in [5.41, 5.74) is 0. The normalized spacial score (nSPS) is 11.0. The van der Waals surface area contributed by atoms with Gasteiger partial charge >= 0.3 is 37.3 Å². The maximum Gasteiger partial charge on any atom is 0.353 e. The maximum absolute atomic E-state index is 8.95. The largest absolute Gasteiger partial charge is 0.353 e. The monoisotopic (exact) mass is 496 g/mol. The van der Waals surface area contributed by atoms with Gasteiger partial charge < -0.3 is 0 Å². The minimum absolute atomic E-state index is 0. The molecule has 0 radical (unpaired) electrons. The molecule has 0 saturated heterocycles. The van der Waals surface area contributed by atoms with E-state index in [4.69, 9.17) is 51.9 Å². The van der Waals surface area contributed by atoms with E-state index >= 15 is 0 Å². The minimum Gasteiger partial charge on any atom is -0.273 e. The molecule has 0 atom stereocenters. The molecule has 0 aliphatic heterocycles. The second kappa shape index (κ2) is 13.5. The van der Waals surface area contributed by atoms with Crippen LogP contribution in [0.1, 0.15) is 0 Å². The summed E-state index contributed by atoms with van der Waals surface area (Å²) in [5, 5.41) is 0. The zero-order chi connectivity index (χ0) is 18.0. The van der Waals surface area contributed by atoms with Gasteiger partial charge in [0.2, 0.25) is 0 Å². The summed E-state index contributed by atoms with van der Waals surface area (Å²) in [5.74, 6) is 0. The van der Waals surface area contributed by atoms with Crippen molar-refractivity contribution in [3.05, 3.63) is 0 Å². The lowest BCUT2D eigenvalue weighted by molar-refractivity contribution is 0.499. The Bertz CT molecular complexity index is 486. The van der Waals surface area contributed by atoms with Crippen molar-refractivity contribution in [1.29, 1.82) is 0 Å². The van der Waals surface area contributed by atoms with Gasteiger partial charge in [0, 0.05) is 42.7 Å². The Morgan fingerprint density at radius 2 is 0.429 bits per heavy atom. The zero-order valence-electron chi connectivity index (χ0n) is 8.20. The van der Waals surface area contributed by atoms with Crippen molar-refractivity contribution >= 4 is 91.0 Å². The van der Waals surface area contributed by atoms with Crippen molar-refractivity contribution in [2.45, 2.75) is 0 Å². The Labute approximate surface area is 142 Å². The lowest BCUT2D eigenvalue weighted by Gasteiger charge is -1.65. The molecule has 0 amide bonds. The Balaban J connectivity index is -0.0000000533. The minimum atomic E-state index is -4.19. The fourth-order valence-electron chi connectivity index (χ4n) is 0.